The van der Waals surface area contributed by atoms with Gasteiger partial charge in [-0.25, -0.2) is 19.6 Å². The first kappa shape index (κ1) is 32.5. The number of anilines is 1. The van der Waals surface area contributed by atoms with E-state index in [1.54, 1.807) is 29.9 Å². The van der Waals surface area contributed by atoms with E-state index in [4.69, 9.17) is 4.74 Å². The van der Waals surface area contributed by atoms with Gasteiger partial charge in [0.2, 0.25) is 17.8 Å². The molecule has 0 aliphatic carbocycles. The average molecular weight is 661 g/mol. The maximum atomic E-state index is 13.9. The number of nitrogens with one attached hydrogen (secondary N) is 2. The predicted molar refractivity (Wildman–Crippen MR) is 176 cm³/mol. The lowest BCUT2D eigenvalue weighted by atomic mass is 10.0. The highest BCUT2D eigenvalue weighted by atomic mass is 32.1. The van der Waals surface area contributed by atoms with Gasteiger partial charge in [-0.2, -0.15) is 0 Å². The second-order valence-electron chi connectivity index (χ2n) is 12.2. The summed E-state index contributed by atoms with van der Waals surface area (Å²) in [6.07, 6.45) is 4.31. The number of hydrogen-bond acceptors (Lipinski definition) is 12. The van der Waals surface area contributed by atoms with Crippen molar-refractivity contribution in [3.8, 4) is 16.2 Å². The highest BCUT2D eigenvalue weighted by molar-refractivity contribution is 7.13. The average Bonchev–Trinajstić information content (AvgIpc) is 3.83. The minimum Gasteiger partial charge on any atom is -0.484 e. The van der Waals surface area contributed by atoms with Crippen molar-refractivity contribution in [2.75, 3.05) is 37.6 Å². The monoisotopic (exact) mass is 660 g/mol. The van der Waals surface area contributed by atoms with E-state index in [1.807, 2.05) is 50.5 Å². The van der Waals surface area contributed by atoms with Gasteiger partial charge in [0.25, 0.3) is 0 Å². The predicted octanol–water partition coefficient (Wildman–Crippen LogP) is 1.96. The third-order valence-corrected chi connectivity index (χ3v) is 9.40. The van der Waals surface area contributed by atoms with Crippen molar-refractivity contribution in [1.29, 1.82) is 0 Å². The fourth-order valence-corrected chi connectivity index (χ4v) is 6.74. The number of aromatic nitrogens is 6. The zero-order valence-electron chi connectivity index (χ0n) is 26.7. The summed E-state index contributed by atoms with van der Waals surface area (Å²) in [6, 6.07) is 6.45. The molecule has 3 atom stereocenters. The Morgan fingerprint density at radius 1 is 1.13 bits per heavy atom. The van der Waals surface area contributed by atoms with E-state index in [1.165, 1.54) is 9.58 Å². The molecule has 3 N–H and O–H groups in total. The van der Waals surface area contributed by atoms with Crippen LogP contribution in [-0.4, -0.2) is 96.6 Å². The molecule has 0 spiro atoms. The van der Waals surface area contributed by atoms with Crippen molar-refractivity contribution in [2.24, 2.45) is 5.92 Å². The van der Waals surface area contributed by atoms with Gasteiger partial charge in [-0.15, -0.1) is 16.4 Å². The molecule has 15 heteroatoms. The molecule has 0 bridgehead atoms. The zero-order valence-corrected chi connectivity index (χ0v) is 27.6. The maximum Gasteiger partial charge on any atom is 0.248 e. The Labute approximate surface area is 277 Å². The summed E-state index contributed by atoms with van der Waals surface area (Å²) >= 11 is 1.59. The van der Waals surface area contributed by atoms with E-state index < -0.39 is 18.2 Å². The molecular formula is C32H40N10O4S. The van der Waals surface area contributed by atoms with E-state index in [-0.39, 0.29) is 37.3 Å². The summed E-state index contributed by atoms with van der Waals surface area (Å²) in [5, 5.41) is 25.2. The Hall–Kier alpha value is -4.47. The summed E-state index contributed by atoms with van der Waals surface area (Å²) < 4.78 is 7.36. The number of hydrogen-bond donors (Lipinski definition) is 3. The minimum atomic E-state index is -0.802. The summed E-state index contributed by atoms with van der Waals surface area (Å²) in [5.41, 5.74) is 5.35. The zero-order chi connectivity index (χ0) is 32.9. The van der Waals surface area contributed by atoms with Gasteiger partial charge in [-0.1, -0.05) is 43.3 Å². The summed E-state index contributed by atoms with van der Waals surface area (Å²) in [4.78, 5) is 45.2. The van der Waals surface area contributed by atoms with Crippen molar-refractivity contribution >= 4 is 29.1 Å². The molecule has 47 heavy (non-hydrogen) atoms. The standard InChI is InChI=1S/C32H40N10O4S/c1-20(2)28(42-16-24(38-39-42)18-46-26-14-35-32(36-15-26)40-10-8-33-9-11-40)31(45)41-17-25(43)12-27(41)30(44)34-13-22-4-6-23(7-5-22)29-21(3)37-19-47-29/h4-7,14-16,19-20,25,27-28,33,43H,8-13,17-18H2,1-3H3,(H,34,44)/t25-,27+,28+/m1/s1. The number of rotatable bonds is 11. The summed E-state index contributed by atoms with van der Waals surface area (Å²) in [5.74, 6) is 0.401. The van der Waals surface area contributed by atoms with Crippen LogP contribution in [0.15, 0.2) is 48.4 Å². The second kappa shape index (κ2) is 14.5. The Morgan fingerprint density at radius 3 is 2.55 bits per heavy atom. The molecule has 2 fully saturated rings. The Kier molecular flexibility index (Phi) is 10.0. The van der Waals surface area contributed by atoms with E-state index in [0.717, 1.165) is 47.9 Å². The summed E-state index contributed by atoms with van der Waals surface area (Å²) in [7, 11) is 0. The van der Waals surface area contributed by atoms with Gasteiger partial charge in [0.15, 0.2) is 5.75 Å². The molecule has 2 amide bonds. The van der Waals surface area contributed by atoms with Crippen molar-refractivity contribution in [2.45, 2.75) is 58.5 Å². The van der Waals surface area contributed by atoms with E-state index >= 15 is 0 Å². The normalized spacial score (nSPS) is 18.8. The number of ether oxygens (including phenoxy) is 1. The lowest BCUT2D eigenvalue weighted by Crippen LogP contribution is -2.49. The number of nitrogens with zero attached hydrogens (tertiary/aromatic N) is 8. The Morgan fingerprint density at radius 2 is 1.87 bits per heavy atom. The number of thiazole rings is 1. The van der Waals surface area contributed by atoms with Crippen molar-refractivity contribution < 1.29 is 19.4 Å². The molecule has 0 radical (unpaired) electrons. The molecule has 14 nitrogen and oxygen atoms in total. The molecule has 248 valence electrons. The lowest BCUT2D eigenvalue weighted by Gasteiger charge is -2.29. The van der Waals surface area contributed by atoms with Gasteiger partial charge in [-0.05, 0) is 24.0 Å². The highest BCUT2D eigenvalue weighted by Gasteiger charge is 2.42. The van der Waals surface area contributed by atoms with Crippen LogP contribution < -0.4 is 20.3 Å². The fraction of sp³-hybridized carbons (Fsp3) is 0.469. The van der Waals surface area contributed by atoms with Gasteiger partial charge in [-0.3, -0.25) is 9.59 Å². The number of carbonyl (C=O) groups is 2. The van der Waals surface area contributed by atoms with Gasteiger partial charge in [0, 0.05) is 45.7 Å². The molecule has 2 aliphatic heterocycles. The van der Waals surface area contributed by atoms with Crippen LogP contribution in [0, 0.1) is 12.8 Å². The van der Waals surface area contributed by atoms with Crippen LogP contribution in [0.25, 0.3) is 10.4 Å². The first-order valence-corrected chi connectivity index (χ1v) is 16.7. The fourth-order valence-electron chi connectivity index (χ4n) is 5.92. The Balaban J connectivity index is 1.06. The van der Waals surface area contributed by atoms with Crippen LogP contribution >= 0.6 is 11.3 Å². The Bertz CT molecular complexity index is 1650. The number of carbonyl (C=O) groups excluding carboxylic acids is 2. The maximum absolute atomic E-state index is 13.9. The van der Waals surface area contributed by atoms with E-state index in [0.29, 0.717) is 23.9 Å². The SMILES string of the molecule is Cc1ncsc1-c1ccc(CNC(=O)[C@@H]2C[C@@H](O)CN2C(=O)[C@H](C(C)C)n2cc(COc3cnc(N4CCNCC4)nc3)nn2)cc1. The molecule has 0 saturated carbocycles. The molecule has 2 aliphatic rings. The minimum absolute atomic E-state index is 0.0671. The smallest absolute Gasteiger partial charge is 0.248 e. The van der Waals surface area contributed by atoms with Crippen LogP contribution in [0.4, 0.5) is 5.95 Å². The molecule has 2 saturated heterocycles. The van der Waals surface area contributed by atoms with E-state index in [2.05, 4.69) is 40.8 Å². The van der Waals surface area contributed by atoms with Crippen LogP contribution in [0.2, 0.25) is 0 Å². The number of aryl methyl sites for hydroxylation is 1. The van der Waals surface area contributed by atoms with E-state index in [9.17, 15) is 14.7 Å². The van der Waals surface area contributed by atoms with Gasteiger partial charge < -0.3 is 30.3 Å². The van der Waals surface area contributed by atoms with Crippen LogP contribution in [0.5, 0.6) is 5.75 Å². The van der Waals surface area contributed by atoms with Gasteiger partial charge >= 0.3 is 0 Å². The van der Waals surface area contributed by atoms with Crippen LogP contribution in [0.3, 0.4) is 0 Å². The molecule has 5 heterocycles. The number of likely N-dealkylation sites (tertiary alicyclic amines) is 1. The quantitative estimate of drug-likeness (QED) is 0.216. The second-order valence-corrected chi connectivity index (χ2v) is 13.1. The number of benzene rings is 1. The number of β-amino-alcohol motifs (C(OH)–C–C–N with tert-alkyl or cyclic N) is 1. The molecule has 1 aromatic carbocycles. The molecule has 3 aromatic heterocycles. The van der Waals surface area contributed by atoms with Gasteiger partial charge in [0.05, 0.1) is 40.8 Å². The van der Waals surface area contributed by atoms with Crippen LogP contribution in [-0.2, 0) is 22.7 Å². The number of amides is 2. The largest absolute Gasteiger partial charge is 0.484 e. The lowest BCUT2D eigenvalue weighted by molar-refractivity contribution is -0.142. The number of aliphatic hydroxyl groups excluding tert-OH is 1. The summed E-state index contributed by atoms with van der Waals surface area (Å²) in [6.45, 7) is 9.79. The highest BCUT2D eigenvalue weighted by Crippen LogP contribution is 2.28. The van der Waals surface area contributed by atoms with Crippen molar-refractivity contribution in [3.05, 3.63) is 65.3 Å². The van der Waals surface area contributed by atoms with Crippen molar-refractivity contribution in [1.82, 2.24) is 45.5 Å². The first-order chi connectivity index (χ1) is 22.8. The molecule has 0 unspecified atom stereocenters. The first-order valence-electron chi connectivity index (χ1n) is 15.8. The third-order valence-electron chi connectivity index (χ3n) is 8.42. The topological polar surface area (TPSA) is 164 Å². The number of aliphatic hydroxyl groups is 1. The van der Waals surface area contributed by atoms with Crippen molar-refractivity contribution in [3.63, 3.8) is 0 Å². The number of piperazine rings is 1. The third kappa shape index (κ3) is 7.58. The molecule has 4 aromatic rings. The molecular weight excluding hydrogens is 620 g/mol. The molecule has 6 rings (SSSR count). The van der Waals surface area contributed by atoms with Crippen LogP contribution in [0.1, 0.15) is 43.3 Å². The van der Waals surface area contributed by atoms with Gasteiger partial charge in [0.1, 0.15) is 24.4 Å².